The summed E-state index contributed by atoms with van der Waals surface area (Å²) in [6, 6.07) is 2.03. The second-order valence-electron chi connectivity index (χ2n) is 4.13. The van der Waals surface area contributed by atoms with Crippen molar-refractivity contribution in [2.45, 2.75) is 18.8 Å². The van der Waals surface area contributed by atoms with Crippen LogP contribution in [0, 0.1) is 5.82 Å². The summed E-state index contributed by atoms with van der Waals surface area (Å²) in [5, 5.41) is 0. The van der Waals surface area contributed by atoms with Crippen LogP contribution in [0.4, 0.5) is 23.2 Å². The molecule has 1 atom stereocenters. The molecule has 0 radical (unpaired) electrons. The number of ether oxygens (including phenoxy) is 1. The van der Waals surface area contributed by atoms with E-state index in [4.69, 9.17) is 5.73 Å². The summed E-state index contributed by atoms with van der Waals surface area (Å²) in [7, 11) is 0. The third kappa shape index (κ3) is 3.14. The molecule has 2 N–H and O–H groups in total. The number of benzene rings is 1. The van der Waals surface area contributed by atoms with Gasteiger partial charge in [0.25, 0.3) is 0 Å². The van der Waals surface area contributed by atoms with Gasteiger partial charge in [-0.3, -0.25) is 4.79 Å². The van der Waals surface area contributed by atoms with E-state index in [1.165, 1.54) is 0 Å². The number of carbonyl (C=O) groups is 1. The molecular weight excluding hydrogens is 268 g/mol. The predicted octanol–water partition coefficient (Wildman–Crippen LogP) is 1.79. The lowest BCUT2D eigenvalue weighted by atomic mass is 10.2. The number of hydrogen-bond donors (Lipinski definition) is 1. The number of alkyl halides is 3. The van der Waals surface area contributed by atoms with Crippen LogP contribution >= 0.6 is 0 Å². The van der Waals surface area contributed by atoms with E-state index in [9.17, 15) is 22.4 Å². The van der Waals surface area contributed by atoms with Crippen molar-refractivity contribution in [3.05, 3.63) is 24.0 Å². The highest BCUT2D eigenvalue weighted by Crippen LogP contribution is 2.31. The van der Waals surface area contributed by atoms with Crippen molar-refractivity contribution in [2.75, 3.05) is 11.4 Å². The number of rotatable bonds is 2. The molecule has 4 nitrogen and oxygen atoms in total. The third-order valence-corrected chi connectivity index (χ3v) is 2.60. The van der Waals surface area contributed by atoms with Crippen LogP contribution in [0.15, 0.2) is 18.2 Å². The predicted molar refractivity (Wildman–Crippen MR) is 58.0 cm³/mol. The van der Waals surface area contributed by atoms with Crippen LogP contribution in [0.3, 0.4) is 0 Å². The van der Waals surface area contributed by atoms with Gasteiger partial charge in [0, 0.05) is 25.1 Å². The maximum atomic E-state index is 13.6. The molecule has 1 aliphatic heterocycles. The topological polar surface area (TPSA) is 55.6 Å². The van der Waals surface area contributed by atoms with Gasteiger partial charge in [0.2, 0.25) is 5.91 Å². The number of nitrogens with zero attached hydrogens (tertiary/aromatic N) is 1. The highest BCUT2D eigenvalue weighted by molar-refractivity contribution is 5.96. The second kappa shape index (κ2) is 4.69. The molecule has 2 rings (SSSR count). The molecule has 1 unspecified atom stereocenters. The Morgan fingerprint density at radius 2 is 2.05 bits per heavy atom. The largest absolute Gasteiger partial charge is 0.573 e. The molecule has 0 aliphatic carbocycles. The Bertz CT molecular complexity index is 504. The summed E-state index contributed by atoms with van der Waals surface area (Å²) in [5.41, 5.74) is 5.28. The van der Waals surface area contributed by atoms with Crippen molar-refractivity contribution in [1.29, 1.82) is 0 Å². The fourth-order valence-electron chi connectivity index (χ4n) is 1.86. The van der Waals surface area contributed by atoms with Gasteiger partial charge in [-0.1, -0.05) is 0 Å². The molecule has 104 valence electrons. The number of amides is 1. The van der Waals surface area contributed by atoms with E-state index in [0.717, 1.165) is 23.1 Å². The third-order valence-electron chi connectivity index (χ3n) is 2.60. The van der Waals surface area contributed by atoms with Crippen LogP contribution in [0.25, 0.3) is 0 Å². The fraction of sp³-hybridized carbons (Fsp3) is 0.364. The van der Waals surface area contributed by atoms with Crippen molar-refractivity contribution >= 4 is 11.6 Å². The summed E-state index contributed by atoms with van der Waals surface area (Å²) in [5.74, 6) is -1.83. The van der Waals surface area contributed by atoms with Gasteiger partial charge in [-0.15, -0.1) is 13.2 Å². The number of hydrogen-bond acceptors (Lipinski definition) is 3. The van der Waals surface area contributed by atoms with E-state index in [-0.39, 0.29) is 18.7 Å². The van der Waals surface area contributed by atoms with Gasteiger partial charge in [0.05, 0.1) is 5.69 Å². The van der Waals surface area contributed by atoms with E-state index >= 15 is 0 Å². The van der Waals surface area contributed by atoms with Crippen LogP contribution in [0.1, 0.15) is 6.42 Å². The summed E-state index contributed by atoms with van der Waals surface area (Å²) in [6.07, 6.45) is -4.84. The second-order valence-corrected chi connectivity index (χ2v) is 4.13. The van der Waals surface area contributed by atoms with Crippen molar-refractivity contribution in [3.63, 3.8) is 0 Å². The van der Waals surface area contributed by atoms with Gasteiger partial charge in [-0.05, 0) is 12.1 Å². The first kappa shape index (κ1) is 13.6. The smallest absolute Gasteiger partial charge is 0.406 e. The minimum Gasteiger partial charge on any atom is -0.406 e. The Morgan fingerprint density at radius 1 is 1.37 bits per heavy atom. The van der Waals surface area contributed by atoms with Crippen LogP contribution in [0.5, 0.6) is 5.75 Å². The molecule has 1 aromatic carbocycles. The molecule has 0 spiro atoms. The minimum atomic E-state index is -4.87. The lowest BCUT2D eigenvalue weighted by molar-refractivity contribution is -0.274. The van der Waals surface area contributed by atoms with E-state index in [0.29, 0.717) is 0 Å². The highest BCUT2D eigenvalue weighted by atomic mass is 19.4. The van der Waals surface area contributed by atoms with Gasteiger partial charge in [-0.25, -0.2) is 4.39 Å². The van der Waals surface area contributed by atoms with Crippen LogP contribution < -0.4 is 15.4 Å². The Hall–Kier alpha value is -1.83. The molecule has 1 saturated heterocycles. The molecular formula is C11H10F4N2O2. The average Bonchev–Trinajstić information content (AvgIpc) is 2.58. The first-order chi connectivity index (χ1) is 8.76. The van der Waals surface area contributed by atoms with E-state index in [1.54, 1.807) is 0 Å². The lowest BCUT2D eigenvalue weighted by Crippen LogP contribution is -2.28. The first-order valence-corrected chi connectivity index (χ1v) is 5.37. The maximum absolute atomic E-state index is 13.6. The monoisotopic (exact) mass is 278 g/mol. The molecule has 0 aromatic heterocycles. The van der Waals surface area contributed by atoms with Gasteiger partial charge in [0.1, 0.15) is 11.6 Å². The van der Waals surface area contributed by atoms with Crippen LogP contribution in [-0.4, -0.2) is 24.9 Å². The van der Waals surface area contributed by atoms with Crippen molar-refractivity contribution in [2.24, 2.45) is 5.73 Å². The maximum Gasteiger partial charge on any atom is 0.573 e. The van der Waals surface area contributed by atoms with Gasteiger partial charge >= 0.3 is 6.36 Å². The Balaban J connectivity index is 2.30. The van der Waals surface area contributed by atoms with E-state index < -0.39 is 29.9 Å². The molecule has 19 heavy (non-hydrogen) atoms. The zero-order valence-corrected chi connectivity index (χ0v) is 9.58. The first-order valence-electron chi connectivity index (χ1n) is 5.37. The number of anilines is 1. The SMILES string of the molecule is NC1CC(=O)N(c2cc(OC(F)(F)F)ccc2F)C1. The quantitative estimate of drug-likeness (QED) is 0.839. The lowest BCUT2D eigenvalue weighted by Gasteiger charge is -2.18. The van der Waals surface area contributed by atoms with Gasteiger partial charge < -0.3 is 15.4 Å². The molecule has 0 bridgehead atoms. The normalized spacial score (nSPS) is 19.9. The molecule has 1 fully saturated rings. The van der Waals surface area contributed by atoms with Crippen LogP contribution in [-0.2, 0) is 4.79 Å². The van der Waals surface area contributed by atoms with E-state index in [1.807, 2.05) is 0 Å². The number of carbonyl (C=O) groups excluding carboxylic acids is 1. The van der Waals surface area contributed by atoms with Gasteiger partial charge in [-0.2, -0.15) is 0 Å². The standard InChI is InChI=1S/C11H10F4N2O2/c12-8-2-1-7(19-11(13,14)15)4-9(8)17-5-6(16)3-10(17)18/h1-2,4,6H,3,5,16H2. The number of nitrogens with two attached hydrogens (primary N) is 1. The molecule has 1 aromatic rings. The Kier molecular flexibility index (Phi) is 3.36. The Morgan fingerprint density at radius 3 is 2.58 bits per heavy atom. The highest BCUT2D eigenvalue weighted by Gasteiger charge is 2.33. The zero-order chi connectivity index (χ0) is 14.2. The van der Waals surface area contributed by atoms with Crippen LogP contribution in [0.2, 0.25) is 0 Å². The summed E-state index contributed by atoms with van der Waals surface area (Å²) in [6.45, 7) is 0.0607. The molecule has 1 heterocycles. The fourth-order valence-corrected chi connectivity index (χ4v) is 1.86. The minimum absolute atomic E-state index is 0.0315. The number of halogens is 4. The van der Waals surface area contributed by atoms with Gasteiger partial charge in [0.15, 0.2) is 0 Å². The summed E-state index contributed by atoms with van der Waals surface area (Å²) >= 11 is 0. The summed E-state index contributed by atoms with van der Waals surface area (Å²) < 4.78 is 53.5. The average molecular weight is 278 g/mol. The van der Waals surface area contributed by atoms with Crippen molar-refractivity contribution in [3.8, 4) is 5.75 Å². The van der Waals surface area contributed by atoms with Crippen molar-refractivity contribution in [1.82, 2.24) is 0 Å². The molecule has 1 aliphatic rings. The Labute approximate surface area is 105 Å². The molecule has 0 saturated carbocycles. The van der Waals surface area contributed by atoms with Crippen molar-refractivity contribution < 1.29 is 27.1 Å². The van der Waals surface area contributed by atoms with E-state index in [2.05, 4.69) is 4.74 Å². The summed E-state index contributed by atoms with van der Waals surface area (Å²) in [4.78, 5) is 12.6. The molecule has 1 amide bonds. The zero-order valence-electron chi connectivity index (χ0n) is 9.58. The molecule has 8 heteroatoms.